The van der Waals surface area contributed by atoms with Crippen LogP contribution < -0.4 is 0 Å². The summed E-state index contributed by atoms with van der Waals surface area (Å²) in [4.78, 5) is 18.6. The SMILES string of the molecule is CC1CCN(C(=O)[C@@H]2CCCN2S(=O)(=O)c2ccc(Cl)nc2)CC1. The number of rotatable bonds is 3. The third-order valence-corrected chi connectivity index (χ3v) is 7.01. The Bertz CT molecular complexity index is 700. The molecule has 1 aromatic rings. The highest BCUT2D eigenvalue weighted by molar-refractivity contribution is 7.89. The first-order chi connectivity index (χ1) is 11.4. The van der Waals surface area contributed by atoms with Gasteiger partial charge in [-0.15, -0.1) is 0 Å². The minimum atomic E-state index is -3.73. The van der Waals surface area contributed by atoms with Crippen molar-refractivity contribution < 1.29 is 13.2 Å². The molecule has 0 radical (unpaired) electrons. The molecular formula is C16H22ClN3O3S. The van der Waals surface area contributed by atoms with Crippen LogP contribution in [0.2, 0.25) is 5.15 Å². The monoisotopic (exact) mass is 371 g/mol. The summed E-state index contributed by atoms with van der Waals surface area (Å²) < 4.78 is 27.1. The van der Waals surface area contributed by atoms with Crippen LogP contribution in [-0.4, -0.2) is 54.2 Å². The summed E-state index contributed by atoms with van der Waals surface area (Å²) in [6.45, 7) is 3.98. The predicted molar refractivity (Wildman–Crippen MR) is 91.1 cm³/mol. The number of nitrogens with zero attached hydrogens (tertiary/aromatic N) is 3. The van der Waals surface area contributed by atoms with Crippen molar-refractivity contribution in [2.75, 3.05) is 19.6 Å². The standard InChI is InChI=1S/C16H22ClN3O3S/c1-12-6-9-19(10-7-12)16(21)14-3-2-8-20(14)24(22,23)13-4-5-15(17)18-11-13/h4-5,11-12,14H,2-3,6-10H2,1H3/t14-/m0/s1. The second-order valence-corrected chi connectivity index (χ2v) is 8.88. The van der Waals surface area contributed by atoms with E-state index in [1.54, 1.807) is 0 Å². The minimum Gasteiger partial charge on any atom is -0.341 e. The van der Waals surface area contributed by atoms with E-state index in [2.05, 4.69) is 11.9 Å². The van der Waals surface area contributed by atoms with Gasteiger partial charge in [-0.25, -0.2) is 13.4 Å². The number of carbonyl (C=O) groups excluding carboxylic acids is 1. The number of hydrogen-bond acceptors (Lipinski definition) is 4. The topological polar surface area (TPSA) is 70.6 Å². The van der Waals surface area contributed by atoms with E-state index in [0.717, 1.165) is 12.8 Å². The van der Waals surface area contributed by atoms with Crippen LogP contribution in [0.15, 0.2) is 23.2 Å². The summed E-state index contributed by atoms with van der Waals surface area (Å²) >= 11 is 5.73. The van der Waals surface area contributed by atoms with Crippen molar-refractivity contribution in [2.45, 2.75) is 43.5 Å². The van der Waals surface area contributed by atoms with Crippen LogP contribution in [0.3, 0.4) is 0 Å². The number of amides is 1. The normalized spacial score (nSPS) is 23.6. The average molecular weight is 372 g/mol. The van der Waals surface area contributed by atoms with Gasteiger partial charge in [0.15, 0.2) is 0 Å². The van der Waals surface area contributed by atoms with Crippen molar-refractivity contribution in [3.8, 4) is 0 Å². The first-order valence-electron chi connectivity index (χ1n) is 8.32. The molecule has 0 N–H and O–H groups in total. The minimum absolute atomic E-state index is 0.0649. The Morgan fingerprint density at radius 3 is 2.54 bits per heavy atom. The number of carbonyl (C=O) groups is 1. The molecule has 0 aromatic carbocycles. The fourth-order valence-electron chi connectivity index (χ4n) is 3.36. The molecule has 3 heterocycles. The third-order valence-electron chi connectivity index (χ3n) is 4.89. The van der Waals surface area contributed by atoms with Crippen LogP contribution in [0.5, 0.6) is 0 Å². The molecular weight excluding hydrogens is 350 g/mol. The summed E-state index contributed by atoms with van der Waals surface area (Å²) in [5.74, 6) is 0.558. The van der Waals surface area contributed by atoms with Gasteiger partial charge in [-0.1, -0.05) is 18.5 Å². The molecule has 0 saturated carbocycles. The van der Waals surface area contributed by atoms with Gasteiger partial charge in [-0.2, -0.15) is 4.31 Å². The third kappa shape index (κ3) is 3.43. The number of aromatic nitrogens is 1. The Hall–Kier alpha value is -1.18. The van der Waals surface area contributed by atoms with E-state index in [-0.39, 0.29) is 16.0 Å². The fraction of sp³-hybridized carbons (Fsp3) is 0.625. The van der Waals surface area contributed by atoms with Crippen LogP contribution in [0.4, 0.5) is 0 Å². The highest BCUT2D eigenvalue weighted by Crippen LogP contribution is 2.28. The van der Waals surface area contributed by atoms with Crippen molar-refractivity contribution in [1.29, 1.82) is 0 Å². The highest BCUT2D eigenvalue weighted by Gasteiger charge is 2.41. The summed E-state index contributed by atoms with van der Waals surface area (Å²) in [7, 11) is -3.73. The molecule has 0 spiro atoms. The Kier molecular flexibility index (Phi) is 5.13. The van der Waals surface area contributed by atoms with Gasteiger partial charge in [0, 0.05) is 25.8 Å². The Morgan fingerprint density at radius 1 is 1.21 bits per heavy atom. The van der Waals surface area contributed by atoms with Crippen molar-refractivity contribution in [3.05, 3.63) is 23.5 Å². The molecule has 2 saturated heterocycles. The van der Waals surface area contributed by atoms with Crippen LogP contribution in [0, 0.1) is 5.92 Å². The lowest BCUT2D eigenvalue weighted by Gasteiger charge is -2.34. The number of sulfonamides is 1. The van der Waals surface area contributed by atoms with Gasteiger partial charge in [0.1, 0.15) is 16.1 Å². The van der Waals surface area contributed by atoms with Crippen molar-refractivity contribution >= 4 is 27.5 Å². The summed E-state index contributed by atoms with van der Waals surface area (Å²) in [5.41, 5.74) is 0. The molecule has 2 aliphatic rings. The highest BCUT2D eigenvalue weighted by atomic mass is 35.5. The molecule has 8 heteroatoms. The molecule has 132 valence electrons. The van der Waals surface area contributed by atoms with Crippen molar-refractivity contribution in [3.63, 3.8) is 0 Å². The average Bonchev–Trinajstić information content (AvgIpc) is 3.06. The lowest BCUT2D eigenvalue weighted by atomic mass is 9.98. The molecule has 0 aliphatic carbocycles. The number of halogens is 1. The second kappa shape index (κ2) is 6.98. The van der Waals surface area contributed by atoms with E-state index in [1.807, 2.05) is 4.90 Å². The molecule has 2 fully saturated rings. The summed E-state index contributed by atoms with van der Waals surface area (Å²) in [6.07, 6.45) is 4.48. The molecule has 6 nitrogen and oxygen atoms in total. The van der Waals surface area contributed by atoms with E-state index in [0.29, 0.717) is 38.4 Å². The quantitative estimate of drug-likeness (QED) is 0.763. The summed E-state index contributed by atoms with van der Waals surface area (Å²) in [6, 6.07) is 2.29. The Labute approximate surface area is 147 Å². The smallest absolute Gasteiger partial charge is 0.245 e. The molecule has 2 aliphatic heterocycles. The Balaban J connectivity index is 1.79. The van der Waals surface area contributed by atoms with Crippen LogP contribution in [-0.2, 0) is 14.8 Å². The van der Waals surface area contributed by atoms with Crippen LogP contribution in [0.1, 0.15) is 32.6 Å². The molecule has 24 heavy (non-hydrogen) atoms. The maximum absolute atomic E-state index is 12.9. The van der Waals surface area contributed by atoms with Gasteiger partial charge in [0.25, 0.3) is 0 Å². The van der Waals surface area contributed by atoms with E-state index in [1.165, 1.54) is 22.6 Å². The molecule has 3 rings (SSSR count). The van der Waals surface area contributed by atoms with E-state index in [9.17, 15) is 13.2 Å². The van der Waals surface area contributed by atoms with E-state index < -0.39 is 16.1 Å². The number of pyridine rings is 1. The molecule has 1 amide bonds. The van der Waals surface area contributed by atoms with Gasteiger partial charge in [-0.05, 0) is 43.7 Å². The number of piperidine rings is 1. The van der Waals surface area contributed by atoms with Gasteiger partial charge in [-0.3, -0.25) is 4.79 Å². The maximum Gasteiger partial charge on any atom is 0.245 e. The first kappa shape index (κ1) is 17.6. The Morgan fingerprint density at radius 2 is 1.92 bits per heavy atom. The zero-order valence-electron chi connectivity index (χ0n) is 13.7. The first-order valence-corrected chi connectivity index (χ1v) is 10.1. The predicted octanol–water partition coefficient (Wildman–Crippen LogP) is 2.15. The lowest BCUT2D eigenvalue weighted by molar-refractivity contribution is -0.135. The van der Waals surface area contributed by atoms with E-state index >= 15 is 0 Å². The zero-order chi connectivity index (χ0) is 17.3. The van der Waals surface area contributed by atoms with Gasteiger partial charge in [0.05, 0.1) is 0 Å². The van der Waals surface area contributed by atoms with Crippen LogP contribution >= 0.6 is 11.6 Å². The van der Waals surface area contributed by atoms with Crippen molar-refractivity contribution in [2.24, 2.45) is 5.92 Å². The van der Waals surface area contributed by atoms with Crippen molar-refractivity contribution in [1.82, 2.24) is 14.2 Å². The number of likely N-dealkylation sites (tertiary alicyclic amines) is 1. The maximum atomic E-state index is 12.9. The summed E-state index contributed by atoms with van der Waals surface area (Å²) in [5, 5.41) is 0.241. The number of hydrogen-bond donors (Lipinski definition) is 0. The molecule has 0 unspecified atom stereocenters. The molecule has 1 aromatic heterocycles. The fourth-order valence-corrected chi connectivity index (χ4v) is 5.07. The van der Waals surface area contributed by atoms with E-state index in [4.69, 9.17) is 11.6 Å². The molecule has 0 bridgehead atoms. The molecule has 1 atom stereocenters. The second-order valence-electron chi connectivity index (χ2n) is 6.60. The lowest BCUT2D eigenvalue weighted by Crippen LogP contribution is -2.49. The van der Waals surface area contributed by atoms with Gasteiger partial charge < -0.3 is 4.90 Å². The van der Waals surface area contributed by atoms with Gasteiger partial charge in [0.2, 0.25) is 15.9 Å². The zero-order valence-corrected chi connectivity index (χ0v) is 15.3. The largest absolute Gasteiger partial charge is 0.341 e. The van der Waals surface area contributed by atoms with Crippen LogP contribution in [0.25, 0.3) is 0 Å². The van der Waals surface area contributed by atoms with Gasteiger partial charge >= 0.3 is 0 Å².